The Morgan fingerprint density at radius 2 is 1.60 bits per heavy atom. The molecule has 0 spiro atoms. The molecule has 0 aromatic heterocycles. The number of carbonyl (C=O) groups excluding carboxylic acids is 2. The van der Waals surface area contributed by atoms with Crippen LogP contribution >= 0.6 is 0 Å². The predicted octanol–water partition coefficient (Wildman–Crippen LogP) is 3.04. The SMILES string of the molecule is COc1cc(OC)cc(C(=O)O[C@H](C)C(=O)N(C)C2CCCCC2)c1. The maximum Gasteiger partial charge on any atom is 0.339 e. The molecule has 1 aromatic carbocycles. The number of esters is 1. The molecule has 1 aromatic rings. The van der Waals surface area contributed by atoms with Gasteiger partial charge in [0.1, 0.15) is 11.5 Å². The van der Waals surface area contributed by atoms with Crippen LogP contribution in [0.15, 0.2) is 18.2 Å². The van der Waals surface area contributed by atoms with Crippen LogP contribution in [0.25, 0.3) is 0 Å². The van der Waals surface area contributed by atoms with E-state index in [0.29, 0.717) is 11.5 Å². The lowest BCUT2D eigenvalue weighted by atomic mass is 9.94. The van der Waals surface area contributed by atoms with Crippen molar-refractivity contribution in [1.82, 2.24) is 4.90 Å². The van der Waals surface area contributed by atoms with Crippen molar-refractivity contribution in [2.45, 2.75) is 51.2 Å². The van der Waals surface area contributed by atoms with Gasteiger partial charge in [0.25, 0.3) is 5.91 Å². The highest BCUT2D eigenvalue weighted by atomic mass is 16.5. The van der Waals surface area contributed by atoms with Crippen molar-refractivity contribution in [1.29, 1.82) is 0 Å². The molecule has 0 bridgehead atoms. The van der Waals surface area contributed by atoms with E-state index in [2.05, 4.69) is 0 Å². The molecule has 0 unspecified atom stereocenters. The third-order valence-corrected chi connectivity index (χ3v) is 4.69. The molecule has 0 saturated heterocycles. The number of benzene rings is 1. The minimum absolute atomic E-state index is 0.171. The molecular formula is C19H27NO5. The number of amides is 1. The van der Waals surface area contributed by atoms with E-state index in [4.69, 9.17) is 14.2 Å². The van der Waals surface area contributed by atoms with Crippen LogP contribution in [-0.2, 0) is 9.53 Å². The molecule has 1 saturated carbocycles. The second kappa shape index (κ2) is 8.74. The highest BCUT2D eigenvalue weighted by Crippen LogP contribution is 2.24. The van der Waals surface area contributed by atoms with Gasteiger partial charge in [-0.2, -0.15) is 0 Å². The summed E-state index contributed by atoms with van der Waals surface area (Å²) in [5, 5.41) is 0. The maximum absolute atomic E-state index is 12.6. The lowest BCUT2D eigenvalue weighted by Gasteiger charge is -2.32. The van der Waals surface area contributed by atoms with Crippen LogP contribution in [0.4, 0.5) is 0 Å². The van der Waals surface area contributed by atoms with Crippen LogP contribution in [0, 0.1) is 0 Å². The summed E-state index contributed by atoms with van der Waals surface area (Å²) in [5.41, 5.74) is 0.288. The molecule has 1 fully saturated rings. The van der Waals surface area contributed by atoms with Crippen LogP contribution < -0.4 is 9.47 Å². The third-order valence-electron chi connectivity index (χ3n) is 4.69. The number of nitrogens with zero attached hydrogens (tertiary/aromatic N) is 1. The van der Waals surface area contributed by atoms with Gasteiger partial charge in [0, 0.05) is 19.2 Å². The van der Waals surface area contributed by atoms with Crippen LogP contribution in [-0.4, -0.2) is 50.2 Å². The number of hydrogen-bond donors (Lipinski definition) is 0. The van der Waals surface area contributed by atoms with Crippen molar-refractivity contribution < 1.29 is 23.8 Å². The van der Waals surface area contributed by atoms with E-state index in [9.17, 15) is 9.59 Å². The molecule has 1 aliphatic rings. The average molecular weight is 349 g/mol. The summed E-state index contributed by atoms with van der Waals surface area (Å²) >= 11 is 0. The molecule has 0 radical (unpaired) electrons. The molecule has 6 heteroatoms. The van der Waals surface area contributed by atoms with E-state index in [-0.39, 0.29) is 17.5 Å². The van der Waals surface area contributed by atoms with Crippen LogP contribution in [0.3, 0.4) is 0 Å². The molecule has 1 amide bonds. The smallest absolute Gasteiger partial charge is 0.339 e. The monoisotopic (exact) mass is 349 g/mol. The Morgan fingerprint density at radius 1 is 1.04 bits per heavy atom. The number of rotatable bonds is 6. The van der Waals surface area contributed by atoms with E-state index in [1.807, 2.05) is 0 Å². The van der Waals surface area contributed by atoms with E-state index in [0.717, 1.165) is 25.7 Å². The molecule has 0 N–H and O–H groups in total. The molecule has 0 aliphatic heterocycles. The fourth-order valence-corrected chi connectivity index (χ4v) is 3.14. The van der Waals surface area contributed by atoms with E-state index < -0.39 is 12.1 Å². The Kier molecular flexibility index (Phi) is 6.67. The van der Waals surface area contributed by atoms with E-state index in [1.165, 1.54) is 20.6 Å². The standard InChI is InChI=1S/C19H27NO5/c1-13(18(21)20(2)15-8-6-5-7-9-15)25-19(22)14-10-16(23-3)12-17(11-14)24-4/h10-13,15H,5-9H2,1-4H3/t13-/m1/s1. The average Bonchev–Trinajstić information content (AvgIpc) is 2.66. The fraction of sp³-hybridized carbons (Fsp3) is 0.579. The van der Waals surface area contributed by atoms with E-state index >= 15 is 0 Å². The van der Waals surface area contributed by atoms with Crippen molar-refractivity contribution in [3.05, 3.63) is 23.8 Å². The molecule has 1 atom stereocenters. The first-order valence-electron chi connectivity index (χ1n) is 8.67. The predicted molar refractivity (Wildman–Crippen MR) is 94.1 cm³/mol. The Morgan fingerprint density at radius 3 is 2.12 bits per heavy atom. The van der Waals surface area contributed by atoms with Gasteiger partial charge >= 0.3 is 5.97 Å². The van der Waals surface area contributed by atoms with Gasteiger partial charge in [-0.3, -0.25) is 4.79 Å². The van der Waals surface area contributed by atoms with Crippen molar-refractivity contribution in [3.63, 3.8) is 0 Å². The summed E-state index contributed by atoms with van der Waals surface area (Å²) in [7, 11) is 4.81. The molecule has 1 aliphatic carbocycles. The first-order valence-corrected chi connectivity index (χ1v) is 8.67. The normalized spacial score (nSPS) is 16.0. The zero-order valence-corrected chi connectivity index (χ0v) is 15.4. The summed E-state index contributed by atoms with van der Waals surface area (Å²) in [4.78, 5) is 26.7. The van der Waals surface area contributed by atoms with Gasteiger partial charge in [-0.15, -0.1) is 0 Å². The topological polar surface area (TPSA) is 65.1 Å². The number of hydrogen-bond acceptors (Lipinski definition) is 5. The summed E-state index contributed by atoms with van der Waals surface area (Å²) < 4.78 is 15.7. The Hall–Kier alpha value is -2.24. The van der Waals surface area contributed by atoms with Crippen LogP contribution in [0.2, 0.25) is 0 Å². The van der Waals surface area contributed by atoms with Gasteiger partial charge < -0.3 is 19.1 Å². The fourth-order valence-electron chi connectivity index (χ4n) is 3.14. The lowest BCUT2D eigenvalue weighted by molar-refractivity contribution is -0.141. The van der Waals surface area contributed by atoms with Gasteiger partial charge in [-0.1, -0.05) is 19.3 Å². The van der Waals surface area contributed by atoms with Crippen molar-refractivity contribution >= 4 is 11.9 Å². The minimum Gasteiger partial charge on any atom is -0.497 e. The summed E-state index contributed by atoms with van der Waals surface area (Å²) in [6.07, 6.45) is 4.68. The van der Waals surface area contributed by atoms with Crippen LogP contribution in [0.5, 0.6) is 11.5 Å². The zero-order valence-electron chi connectivity index (χ0n) is 15.4. The Bertz CT molecular complexity index is 588. The highest BCUT2D eigenvalue weighted by molar-refractivity contribution is 5.93. The summed E-state index contributed by atoms with van der Waals surface area (Å²) in [6.45, 7) is 1.61. The molecule has 138 valence electrons. The quantitative estimate of drug-likeness (QED) is 0.739. The maximum atomic E-state index is 12.6. The van der Waals surface area contributed by atoms with Crippen LogP contribution in [0.1, 0.15) is 49.4 Å². The third kappa shape index (κ3) is 4.87. The van der Waals surface area contributed by atoms with Gasteiger partial charge in [0.05, 0.1) is 19.8 Å². The second-order valence-corrected chi connectivity index (χ2v) is 6.39. The largest absolute Gasteiger partial charge is 0.497 e. The zero-order chi connectivity index (χ0) is 18.4. The number of ether oxygens (including phenoxy) is 3. The number of carbonyl (C=O) groups is 2. The van der Waals surface area contributed by atoms with Gasteiger partial charge in [-0.25, -0.2) is 4.79 Å². The molecular weight excluding hydrogens is 322 g/mol. The summed E-state index contributed by atoms with van der Waals surface area (Å²) in [6, 6.07) is 5.03. The Balaban J connectivity index is 2.02. The molecule has 6 nitrogen and oxygen atoms in total. The van der Waals surface area contributed by atoms with Gasteiger partial charge in [-0.05, 0) is 31.9 Å². The number of likely N-dealkylation sites (N-methyl/N-ethyl adjacent to an activating group) is 1. The minimum atomic E-state index is -0.836. The van der Waals surface area contributed by atoms with E-state index in [1.54, 1.807) is 37.1 Å². The van der Waals surface area contributed by atoms with Crippen molar-refractivity contribution in [2.75, 3.05) is 21.3 Å². The Labute approximate surface area is 149 Å². The number of methoxy groups -OCH3 is 2. The second-order valence-electron chi connectivity index (χ2n) is 6.39. The lowest BCUT2D eigenvalue weighted by Crippen LogP contribution is -2.44. The summed E-state index contributed by atoms with van der Waals surface area (Å²) in [5.74, 6) is 0.236. The van der Waals surface area contributed by atoms with Crippen molar-refractivity contribution in [3.8, 4) is 11.5 Å². The first-order chi connectivity index (χ1) is 12.0. The van der Waals surface area contributed by atoms with Gasteiger partial charge in [0.15, 0.2) is 6.10 Å². The molecule has 25 heavy (non-hydrogen) atoms. The van der Waals surface area contributed by atoms with Crippen molar-refractivity contribution in [2.24, 2.45) is 0 Å². The molecule has 2 rings (SSSR count). The first kappa shape index (κ1) is 19.1. The van der Waals surface area contributed by atoms with Gasteiger partial charge in [0.2, 0.25) is 0 Å². The molecule has 0 heterocycles. The highest BCUT2D eigenvalue weighted by Gasteiger charge is 2.28.